The van der Waals surface area contributed by atoms with Gasteiger partial charge >= 0.3 is 5.97 Å². The number of carboxylic acid groups (broad SMARTS) is 1. The van der Waals surface area contributed by atoms with Crippen molar-refractivity contribution >= 4 is 21.9 Å². The Labute approximate surface area is 166 Å². The van der Waals surface area contributed by atoms with Crippen LogP contribution in [0.1, 0.15) is 33.6 Å². The molecule has 29 heavy (non-hydrogen) atoms. The Hall–Kier alpha value is -3.02. The lowest BCUT2D eigenvalue weighted by molar-refractivity contribution is 0.0659. The van der Waals surface area contributed by atoms with Gasteiger partial charge in [0.05, 0.1) is 16.0 Å². The van der Waals surface area contributed by atoms with Gasteiger partial charge < -0.3 is 9.84 Å². The summed E-state index contributed by atoms with van der Waals surface area (Å²) in [4.78, 5) is 26.9. The number of pyridine rings is 1. The summed E-state index contributed by atoms with van der Waals surface area (Å²) in [6.45, 7) is 0.269. The summed E-state index contributed by atoms with van der Waals surface area (Å²) in [5.41, 5.74) is 0.183. The molecule has 2 aromatic rings. The molecular weight excluding hydrogens is 402 g/mol. The number of nitrogens with zero attached hydrogens (tertiary/aromatic N) is 2. The van der Waals surface area contributed by atoms with E-state index in [0.717, 1.165) is 12.1 Å². The van der Waals surface area contributed by atoms with Gasteiger partial charge in [-0.1, -0.05) is 6.07 Å². The Balaban J connectivity index is 1.82. The van der Waals surface area contributed by atoms with Crippen molar-refractivity contribution in [2.24, 2.45) is 0 Å². The van der Waals surface area contributed by atoms with E-state index in [4.69, 9.17) is 9.94 Å². The number of carbonyl (C=O) groups excluding carboxylic acids is 1. The highest BCUT2D eigenvalue weighted by atomic mass is 32.2. The second kappa shape index (κ2) is 8.55. The molecule has 3 N–H and O–H groups in total. The summed E-state index contributed by atoms with van der Waals surface area (Å²) in [6.07, 6.45) is 3.84. The van der Waals surface area contributed by atoms with Gasteiger partial charge in [0.15, 0.2) is 0 Å². The lowest BCUT2D eigenvalue weighted by Gasteiger charge is -2.31. The maximum Gasteiger partial charge on any atom is 0.336 e. The molecule has 154 valence electrons. The predicted octanol–water partition coefficient (Wildman–Crippen LogP) is 1.13. The molecule has 2 heterocycles. The smallest absolute Gasteiger partial charge is 0.336 e. The number of hydroxylamine groups is 1. The lowest BCUT2D eigenvalue weighted by atomic mass is 10.1. The van der Waals surface area contributed by atoms with Gasteiger partial charge in [0, 0.05) is 25.5 Å². The van der Waals surface area contributed by atoms with E-state index in [2.05, 4.69) is 4.98 Å². The van der Waals surface area contributed by atoms with Crippen LogP contribution in [-0.2, 0) is 10.0 Å². The normalized spacial score (nSPS) is 15.6. The van der Waals surface area contributed by atoms with E-state index < -0.39 is 37.9 Å². The molecule has 0 saturated carbocycles. The maximum atomic E-state index is 13.1. The van der Waals surface area contributed by atoms with Crippen molar-refractivity contribution in [2.75, 3.05) is 13.1 Å². The second-order valence-corrected chi connectivity index (χ2v) is 8.24. The van der Waals surface area contributed by atoms with Gasteiger partial charge in [0.2, 0.25) is 10.0 Å². The first-order valence-corrected chi connectivity index (χ1v) is 10.2. The Morgan fingerprint density at radius 3 is 2.38 bits per heavy atom. The Kier molecular flexibility index (Phi) is 6.11. The quantitative estimate of drug-likeness (QED) is 0.465. The minimum atomic E-state index is -4.17. The van der Waals surface area contributed by atoms with Crippen molar-refractivity contribution in [3.8, 4) is 5.75 Å². The van der Waals surface area contributed by atoms with Crippen molar-refractivity contribution in [3.63, 3.8) is 0 Å². The number of hydrogen-bond donors (Lipinski definition) is 3. The predicted molar refractivity (Wildman–Crippen MR) is 99.3 cm³/mol. The molecule has 0 atom stereocenters. The van der Waals surface area contributed by atoms with Gasteiger partial charge in [-0.25, -0.2) is 18.7 Å². The van der Waals surface area contributed by atoms with E-state index >= 15 is 0 Å². The zero-order valence-corrected chi connectivity index (χ0v) is 16.0. The maximum absolute atomic E-state index is 13.1. The summed E-state index contributed by atoms with van der Waals surface area (Å²) >= 11 is 0. The minimum Gasteiger partial charge on any atom is -0.490 e. The van der Waals surface area contributed by atoms with Crippen LogP contribution in [0.25, 0.3) is 0 Å². The molecule has 1 amide bonds. The number of ether oxygens (including phenoxy) is 1. The van der Waals surface area contributed by atoms with Crippen LogP contribution in [0.4, 0.5) is 0 Å². The molecule has 0 bridgehead atoms. The highest BCUT2D eigenvalue weighted by Crippen LogP contribution is 2.27. The summed E-state index contributed by atoms with van der Waals surface area (Å²) in [6, 6.07) is 6.90. The lowest BCUT2D eigenvalue weighted by Crippen LogP contribution is -2.42. The van der Waals surface area contributed by atoms with E-state index in [9.17, 15) is 23.1 Å². The van der Waals surface area contributed by atoms with Gasteiger partial charge in [-0.2, -0.15) is 4.31 Å². The van der Waals surface area contributed by atoms with Crippen molar-refractivity contribution in [1.29, 1.82) is 0 Å². The topological polar surface area (TPSA) is 146 Å². The zero-order valence-electron chi connectivity index (χ0n) is 15.2. The van der Waals surface area contributed by atoms with Gasteiger partial charge in [-0.3, -0.25) is 15.0 Å². The molecule has 0 aliphatic carbocycles. The number of sulfonamides is 1. The van der Waals surface area contributed by atoms with E-state index in [1.807, 2.05) is 0 Å². The van der Waals surface area contributed by atoms with Crippen LogP contribution >= 0.6 is 0 Å². The Morgan fingerprint density at radius 2 is 1.79 bits per heavy atom. The number of aromatic nitrogens is 1. The monoisotopic (exact) mass is 421 g/mol. The number of aromatic carboxylic acids is 1. The molecule has 1 fully saturated rings. The summed E-state index contributed by atoms with van der Waals surface area (Å²) < 4.78 is 33.2. The Bertz CT molecular complexity index is 1000. The number of benzene rings is 1. The highest BCUT2D eigenvalue weighted by Gasteiger charge is 2.34. The average molecular weight is 421 g/mol. The van der Waals surface area contributed by atoms with Gasteiger partial charge in [-0.05, 0) is 37.1 Å². The summed E-state index contributed by atoms with van der Waals surface area (Å²) in [5.74, 6) is -2.06. The zero-order chi connectivity index (χ0) is 21.0. The SMILES string of the molecule is O=C(O)c1cccc(S(=O)(=O)N2CCC(Oc3ccncc3)CC2)c1C(=O)NO. The highest BCUT2D eigenvalue weighted by molar-refractivity contribution is 7.89. The molecule has 10 nitrogen and oxygen atoms in total. The fourth-order valence-electron chi connectivity index (χ4n) is 3.15. The molecule has 1 aromatic heterocycles. The third-order valence-corrected chi connectivity index (χ3v) is 6.50. The minimum absolute atomic E-state index is 0.134. The third kappa shape index (κ3) is 4.36. The molecule has 0 spiro atoms. The van der Waals surface area contributed by atoms with Gasteiger partial charge in [0.1, 0.15) is 11.9 Å². The van der Waals surface area contributed by atoms with E-state index in [0.29, 0.717) is 18.6 Å². The van der Waals surface area contributed by atoms with Crippen LogP contribution in [0.15, 0.2) is 47.6 Å². The van der Waals surface area contributed by atoms with Gasteiger partial charge in [0.25, 0.3) is 5.91 Å². The van der Waals surface area contributed by atoms with Crippen molar-refractivity contribution in [1.82, 2.24) is 14.8 Å². The van der Waals surface area contributed by atoms with Gasteiger partial charge in [-0.15, -0.1) is 0 Å². The van der Waals surface area contributed by atoms with E-state index in [1.165, 1.54) is 15.9 Å². The van der Waals surface area contributed by atoms with Crippen LogP contribution in [0.5, 0.6) is 5.75 Å². The van der Waals surface area contributed by atoms with Crippen LogP contribution in [-0.4, -0.2) is 59.1 Å². The number of carbonyl (C=O) groups is 2. The number of hydrogen-bond acceptors (Lipinski definition) is 7. The van der Waals surface area contributed by atoms with E-state index in [1.54, 1.807) is 24.5 Å². The molecule has 1 saturated heterocycles. The molecular formula is C18H19N3O7S. The van der Waals surface area contributed by atoms with Crippen molar-refractivity contribution in [2.45, 2.75) is 23.8 Å². The van der Waals surface area contributed by atoms with Crippen molar-refractivity contribution in [3.05, 3.63) is 53.9 Å². The third-order valence-electron chi connectivity index (χ3n) is 4.56. The largest absolute Gasteiger partial charge is 0.490 e. The fraction of sp³-hybridized carbons (Fsp3) is 0.278. The molecule has 1 aromatic carbocycles. The average Bonchev–Trinajstić information content (AvgIpc) is 2.73. The first-order chi connectivity index (χ1) is 13.8. The second-order valence-electron chi connectivity index (χ2n) is 6.33. The number of piperidine rings is 1. The molecule has 1 aliphatic rings. The molecule has 1 aliphatic heterocycles. The standard InChI is InChI=1S/C18H19N3O7S/c22-17(20-25)16-14(18(23)24)2-1-3-15(16)29(26,27)21-10-6-13(7-11-21)28-12-4-8-19-9-5-12/h1-5,8-9,13,25H,6-7,10-11H2,(H,20,22)(H,23,24). The Morgan fingerprint density at radius 1 is 1.14 bits per heavy atom. The number of amides is 1. The van der Waals surface area contributed by atoms with Crippen LogP contribution in [0, 0.1) is 0 Å². The fourth-order valence-corrected chi connectivity index (χ4v) is 4.83. The van der Waals surface area contributed by atoms with Crippen LogP contribution in [0.2, 0.25) is 0 Å². The number of carboxylic acids is 1. The number of nitrogens with one attached hydrogen (secondary N) is 1. The summed E-state index contributed by atoms with van der Waals surface area (Å²) in [7, 11) is -4.17. The molecule has 0 radical (unpaired) electrons. The molecule has 11 heteroatoms. The van der Waals surface area contributed by atoms with Crippen LogP contribution < -0.4 is 10.2 Å². The van der Waals surface area contributed by atoms with Crippen LogP contribution in [0.3, 0.4) is 0 Å². The summed E-state index contributed by atoms with van der Waals surface area (Å²) in [5, 5.41) is 18.2. The molecule has 3 rings (SSSR count). The first-order valence-electron chi connectivity index (χ1n) is 8.72. The van der Waals surface area contributed by atoms with E-state index in [-0.39, 0.29) is 19.2 Å². The molecule has 0 unspecified atom stereocenters. The first kappa shape index (κ1) is 20.7. The van der Waals surface area contributed by atoms with Crippen molar-refractivity contribution < 1.29 is 33.1 Å². The number of rotatable bonds is 6.